The molecule has 0 aliphatic carbocycles. The second-order valence-electron chi connectivity index (χ2n) is 6.50. The van der Waals surface area contributed by atoms with Crippen LogP contribution in [0.15, 0.2) is 47.0 Å². The molecule has 156 valence electrons. The zero-order valence-corrected chi connectivity index (χ0v) is 18.1. The van der Waals surface area contributed by atoms with Crippen molar-refractivity contribution in [1.29, 1.82) is 5.26 Å². The van der Waals surface area contributed by atoms with Crippen molar-refractivity contribution in [1.82, 2.24) is 5.32 Å². The molecule has 2 aromatic carbocycles. The normalized spacial score (nSPS) is 16.1. The SMILES string of the molecule is CCc1ccccc1N1C(S)=C(C#N)C(=O)NC1c1cc(OC)c(OC)c(OC)c1. The van der Waals surface area contributed by atoms with Crippen LogP contribution in [0, 0.1) is 11.3 Å². The van der Waals surface area contributed by atoms with Crippen LogP contribution in [0.4, 0.5) is 5.69 Å². The zero-order valence-electron chi connectivity index (χ0n) is 17.2. The molecular formula is C22H23N3O4S. The molecule has 7 nitrogen and oxygen atoms in total. The molecule has 0 fully saturated rings. The van der Waals surface area contributed by atoms with Crippen LogP contribution in [-0.2, 0) is 11.2 Å². The van der Waals surface area contributed by atoms with Crippen LogP contribution in [0.25, 0.3) is 0 Å². The number of benzene rings is 2. The van der Waals surface area contributed by atoms with E-state index in [0.717, 1.165) is 17.7 Å². The van der Waals surface area contributed by atoms with Crippen LogP contribution in [0.1, 0.15) is 24.2 Å². The number of ether oxygens (including phenoxy) is 3. The summed E-state index contributed by atoms with van der Waals surface area (Å²) in [7, 11) is 4.59. The molecule has 30 heavy (non-hydrogen) atoms. The van der Waals surface area contributed by atoms with Gasteiger partial charge in [0.05, 0.1) is 26.4 Å². The van der Waals surface area contributed by atoms with Gasteiger partial charge in [0.25, 0.3) is 5.91 Å². The summed E-state index contributed by atoms with van der Waals surface area (Å²) in [6.07, 6.45) is 0.134. The lowest BCUT2D eigenvalue weighted by Gasteiger charge is -2.39. The van der Waals surface area contributed by atoms with Gasteiger partial charge >= 0.3 is 0 Å². The van der Waals surface area contributed by atoms with Crippen molar-refractivity contribution in [2.24, 2.45) is 0 Å². The third-order valence-corrected chi connectivity index (χ3v) is 5.39. The van der Waals surface area contributed by atoms with Gasteiger partial charge in [0, 0.05) is 11.3 Å². The number of aryl methyl sites for hydroxylation is 1. The number of thiol groups is 1. The minimum absolute atomic E-state index is 0.0482. The summed E-state index contributed by atoms with van der Waals surface area (Å²) in [5.41, 5.74) is 2.53. The van der Waals surface area contributed by atoms with E-state index < -0.39 is 12.1 Å². The van der Waals surface area contributed by atoms with E-state index >= 15 is 0 Å². The first-order valence-corrected chi connectivity index (χ1v) is 9.76. The maximum atomic E-state index is 12.6. The van der Waals surface area contributed by atoms with Crippen LogP contribution in [0.2, 0.25) is 0 Å². The van der Waals surface area contributed by atoms with Crippen molar-refractivity contribution < 1.29 is 19.0 Å². The van der Waals surface area contributed by atoms with Crippen molar-refractivity contribution in [3.63, 3.8) is 0 Å². The number of nitriles is 1. The Bertz CT molecular complexity index is 1020. The maximum absolute atomic E-state index is 12.6. The number of rotatable bonds is 6. The van der Waals surface area contributed by atoms with Gasteiger partial charge < -0.3 is 24.4 Å². The van der Waals surface area contributed by atoms with Gasteiger partial charge in [-0.3, -0.25) is 4.79 Å². The Balaban J connectivity index is 2.26. The van der Waals surface area contributed by atoms with Gasteiger partial charge in [0.2, 0.25) is 5.75 Å². The predicted molar refractivity (Wildman–Crippen MR) is 117 cm³/mol. The van der Waals surface area contributed by atoms with E-state index in [1.54, 1.807) is 12.1 Å². The van der Waals surface area contributed by atoms with Gasteiger partial charge in [-0.1, -0.05) is 25.1 Å². The third kappa shape index (κ3) is 3.64. The molecule has 1 N–H and O–H groups in total. The summed E-state index contributed by atoms with van der Waals surface area (Å²) in [6.45, 7) is 2.04. The van der Waals surface area contributed by atoms with E-state index in [9.17, 15) is 10.1 Å². The summed E-state index contributed by atoms with van der Waals surface area (Å²) in [5, 5.41) is 12.7. The number of nitrogens with one attached hydrogen (secondary N) is 1. The topological polar surface area (TPSA) is 83.8 Å². The molecule has 1 atom stereocenters. The lowest BCUT2D eigenvalue weighted by Crippen LogP contribution is -2.46. The van der Waals surface area contributed by atoms with Crippen molar-refractivity contribution in [3.05, 3.63) is 58.1 Å². The minimum Gasteiger partial charge on any atom is -0.493 e. The smallest absolute Gasteiger partial charge is 0.266 e. The molecule has 0 spiro atoms. The van der Waals surface area contributed by atoms with Crippen molar-refractivity contribution in [2.45, 2.75) is 19.5 Å². The molecule has 8 heteroatoms. The second kappa shape index (κ2) is 9.01. The zero-order chi connectivity index (χ0) is 21.8. The van der Waals surface area contributed by atoms with E-state index in [4.69, 9.17) is 14.2 Å². The van der Waals surface area contributed by atoms with Crippen molar-refractivity contribution in [3.8, 4) is 23.3 Å². The summed E-state index contributed by atoms with van der Waals surface area (Å²) < 4.78 is 16.4. The molecule has 1 unspecified atom stereocenters. The number of methoxy groups -OCH3 is 3. The van der Waals surface area contributed by atoms with Crippen LogP contribution < -0.4 is 24.4 Å². The monoisotopic (exact) mass is 425 g/mol. The van der Waals surface area contributed by atoms with E-state index in [0.29, 0.717) is 22.8 Å². The number of anilines is 1. The van der Waals surface area contributed by atoms with Crippen LogP contribution in [-0.4, -0.2) is 27.2 Å². The molecule has 0 aromatic heterocycles. The summed E-state index contributed by atoms with van der Waals surface area (Å²) in [5.74, 6) is 0.874. The van der Waals surface area contributed by atoms with Gasteiger partial charge in [-0.2, -0.15) is 5.26 Å². The molecular weight excluding hydrogens is 402 g/mol. The molecule has 1 heterocycles. The number of carbonyl (C=O) groups is 1. The molecule has 0 saturated carbocycles. The molecule has 0 bridgehead atoms. The first-order valence-electron chi connectivity index (χ1n) is 9.31. The van der Waals surface area contributed by atoms with Crippen LogP contribution in [0.3, 0.4) is 0 Å². The highest BCUT2D eigenvalue weighted by molar-refractivity contribution is 7.84. The Kier molecular flexibility index (Phi) is 6.43. The quantitative estimate of drug-likeness (QED) is 0.689. The Hall–Kier alpha value is -3.31. The first kappa shape index (κ1) is 21.4. The van der Waals surface area contributed by atoms with Gasteiger partial charge in [-0.15, -0.1) is 12.6 Å². The van der Waals surface area contributed by atoms with Crippen LogP contribution >= 0.6 is 12.6 Å². The summed E-state index contributed by atoms with van der Waals surface area (Å²) in [4.78, 5) is 14.5. The lowest BCUT2D eigenvalue weighted by molar-refractivity contribution is -0.118. The van der Waals surface area contributed by atoms with Gasteiger partial charge in [0.15, 0.2) is 11.5 Å². The summed E-state index contributed by atoms with van der Waals surface area (Å²) >= 11 is 4.57. The Morgan fingerprint density at radius 1 is 1.13 bits per heavy atom. The second-order valence-corrected chi connectivity index (χ2v) is 6.92. The molecule has 0 saturated heterocycles. The first-order chi connectivity index (χ1) is 14.5. The van der Waals surface area contributed by atoms with E-state index in [-0.39, 0.29) is 10.6 Å². The van der Waals surface area contributed by atoms with Crippen molar-refractivity contribution in [2.75, 3.05) is 26.2 Å². The minimum atomic E-state index is -0.636. The molecule has 2 aromatic rings. The molecule has 0 radical (unpaired) electrons. The third-order valence-electron chi connectivity index (χ3n) is 4.95. The van der Waals surface area contributed by atoms with E-state index in [2.05, 4.69) is 17.9 Å². The summed E-state index contributed by atoms with van der Waals surface area (Å²) in [6, 6.07) is 13.3. The van der Waals surface area contributed by atoms with Crippen molar-refractivity contribution >= 4 is 24.2 Å². The highest BCUT2D eigenvalue weighted by Gasteiger charge is 2.35. The highest BCUT2D eigenvalue weighted by atomic mass is 32.1. The number of nitrogens with zero attached hydrogens (tertiary/aromatic N) is 2. The Labute approximate surface area is 181 Å². The van der Waals surface area contributed by atoms with E-state index in [1.807, 2.05) is 42.2 Å². The molecule has 1 aliphatic rings. The lowest BCUT2D eigenvalue weighted by atomic mass is 10.0. The fraction of sp³-hybridized carbons (Fsp3) is 0.273. The standard InChI is InChI=1S/C22H23N3O4S/c1-5-13-8-6-7-9-16(13)25-20(24-21(26)15(12-23)22(25)30)14-10-17(27-2)19(29-4)18(11-14)28-3/h6-11,20,30H,5H2,1-4H3,(H,24,26). The largest absolute Gasteiger partial charge is 0.493 e. The Morgan fingerprint density at radius 3 is 2.30 bits per heavy atom. The molecule has 3 rings (SSSR count). The van der Waals surface area contributed by atoms with Gasteiger partial charge in [0.1, 0.15) is 17.8 Å². The Morgan fingerprint density at radius 2 is 1.77 bits per heavy atom. The fourth-order valence-electron chi connectivity index (χ4n) is 3.50. The number of hydrogen-bond acceptors (Lipinski definition) is 7. The highest BCUT2D eigenvalue weighted by Crippen LogP contribution is 2.43. The predicted octanol–water partition coefficient (Wildman–Crippen LogP) is 3.57. The number of hydrogen-bond donors (Lipinski definition) is 2. The molecule has 1 aliphatic heterocycles. The fourth-order valence-corrected chi connectivity index (χ4v) is 3.87. The average molecular weight is 426 g/mol. The molecule has 1 amide bonds. The number of carbonyl (C=O) groups excluding carboxylic acids is 1. The van der Waals surface area contributed by atoms with Gasteiger partial charge in [-0.25, -0.2) is 0 Å². The average Bonchev–Trinajstić information content (AvgIpc) is 2.77. The van der Waals surface area contributed by atoms with Crippen LogP contribution in [0.5, 0.6) is 17.2 Å². The maximum Gasteiger partial charge on any atom is 0.266 e. The number of para-hydroxylation sites is 1. The van der Waals surface area contributed by atoms with Gasteiger partial charge in [-0.05, 0) is 30.2 Å². The number of amides is 1. The van der Waals surface area contributed by atoms with E-state index in [1.165, 1.54) is 21.3 Å².